The van der Waals surface area contributed by atoms with Crippen LogP contribution in [0.4, 0.5) is 0 Å². The Morgan fingerprint density at radius 1 is 1.31 bits per heavy atom. The molecule has 2 rings (SSSR count). The molecule has 1 atom stereocenters. The Bertz CT molecular complexity index is 476. The highest BCUT2D eigenvalue weighted by Gasteiger charge is 2.10. The predicted octanol–water partition coefficient (Wildman–Crippen LogP) is 3.00. The van der Waals surface area contributed by atoms with Crippen molar-refractivity contribution in [3.63, 3.8) is 0 Å². The molecule has 2 aromatic rings. The van der Waals surface area contributed by atoms with E-state index in [2.05, 4.69) is 29.4 Å². The van der Waals surface area contributed by atoms with Gasteiger partial charge in [-0.15, -0.1) is 11.3 Å². The van der Waals surface area contributed by atoms with E-state index in [9.17, 15) is 0 Å². The van der Waals surface area contributed by atoms with Gasteiger partial charge >= 0.3 is 0 Å². The van der Waals surface area contributed by atoms with Crippen LogP contribution in [0.15, 0.2) is 29.6 Å². The second-order valence-electron chi connectivity index (χ2n) is 4.03. The topological polar surface area (TPSA) is 38.9 Å². The van der Waals surface area contributed by atoms with E-state index < -0.39 is 0 Å². The molecule has 1 aromatic carbocycles. The molecule has 2 nitrogen and oxygen atoms in total. The highest BCUT2D eigenvalue weighted by Crippen LogP contribution is 2.20. The summed E-state index contributed by atoms with van der Waals surface area (Å²) < 4.78 is 0. The lowest BCUT2D eigenvalue weighted by Gasteiger charge is -2.13. The molecule has 0 radical (unpaired) electrons. The second-order valence-corrected chi connectivity index (χ2v) is 5.09. The summed E-state index contributed by atoms with van der Waals surface area (Å²) in [6.07, 6.45) is 0.815. The summed E-state index contributed by atoms with van der Waals surface area (Å²) in [7, 11) is 0. The van der Waals surface area contributed by atoms with Gasteiger partial charge in [0.2, 0.25) is 0 Å². The monoisotopic (exact) mass is 232 g/mol. The second kappa shape index (κ2) is 4.76. The zero-order chi connectivity index (χ0) is 11.5. The average molecular weight is 232 g/mol. The minimum absolute atomic E-state index is 0.0442. The van der Waals surface area contributed by atoms with Gasteiger partial charge in [0.1, 0.15) is 0 Å². The van der Waals surface area contributed by atoms with Crippen LogP contribution in [0, 0.1) is 13.8 Å². The number of aryl methyl sites for hydroxylation is 2. The molecule has 3 heteroatoms. The van der Waals surface area contributed by atoms with Crippen LogP contribution in [0.25, 0.3) is 0 Å². The molecule has 1 heterocycles. The van der Waals surface area contributed by atoms with Crippen molar-refractivity contribution in [3.05, 3.63) is 51.5 Å². The first-order valence-electron chi connectivity index (χ1n) is 5.39. The van der Waals surface area contributed by atoms with E-state index in [1.54, 1.807) is 11.3 Å². The third-order valence-electron chi connectivity index (χ3n) is 2.68. The SMILES string of the molecule is Cc1nc(CC(N)c2ccccc2C)cs1. The third kappa shape index (κ3) is 2.49. The van der Waals surface area contributed by atoms with Gasteiger partial charge in [0, 0.05) is 17.8 Å². The first kappa shape index (κ1) is 11.3. The molecule has 2 N–H and O–H groups in total. The Kier molecular flexibility index (Phi) is 3.36. The Balaban J connectivity index is 2.14. The lowest BCUT2D eigenvalue weighted by Crippen LogP contribution is -2.14. The molecule has 0 aliphatic rings. The van der Waals surface area contributed by atoms with E-state index in [0.29, 0.717) is 0 Å². The van der Waals surface area contributed by atoms with Crippen LogP contribution in [0.5, 0.6) is 0 Å². The van der Waals surface area contributed by atoms with E-state index in [-0.39, 0.29) is 6.04 Å². The number of aromatic nitrogens is 1. The normalized spacial score (nSPS) is 12.7. The van der Waals surface area contributed by atoms with E-state index >= 15 is 0 Å². The van der Waals surface area contributed by atoms with Crippen molar-refractivity contribution in [2.75, 3.05) is 0 Å². The van der Waals surface area contributed by atoms with Gasteiger partial charge in [-0.2, -0.15) is 0 Å². The highest BCUT2D eigenvalue weighted by atomic mass is 32.1. The zero-order valence-electron chi connectivity index (χ0n) is 9.60. The molecule has 16 heavy (non-hydrogen) atoms. The van der Waals surface area contributed by atoms with Gasteiger partial charge in [-0.25, -0.2) is 4.98 Å². The summed E-state index contributed by atoms with van der Waals surface area (Å²) in [5, 5.41) is 3.19. The molecule has 0 aliphatic heterocycles. The lowest BCUT2D eigenvalue weighted by molar-refractivity contribution is 0.704. The zero-order valence-corrected chi connectivity index (χ0v) is 10.4. The van der Waals surface area contributed by atoms with Crippen LogP contribution in [0.3, 0.4) is 0 Å². The van der Waals surface area contributed by atoms with Crippen molar-refractivity contribution in [1.82, 2.24) is 4.98 Å². The summed E-state index contributed by atoms with van der Waals surface area (Å²) in [4.78, 5) is 4.44. The van der Waals surface area contributed by atoms with Crippen LogP contribution in [0.2, 0.25) is 0 Å². The van der Waals surface area contributed by atoms with Crippen molar-refractivity contribution in [2.45, 2.75) is 26.3 Å². The first-order chi connectivity index (χ1) is 7.66. The molecule has 84 valence electrons. The lowest BCUT2D eigenvalue weighted by atomic mass is 9.99. The van der Waals surface area contributed by atoms with Crippen molar-refractivity contribution in [2.24, 2.45) is 5.73 Å². The number of hydrogen-bond acceptors (Lipinski definition) is 3. The minimum Gasteiger partial charge on any atom is -0.324 e. The number of rotatable bonds is 3. The van der Waals surface area contributed by atoms with Crippen molar-refractivity contribution in [1.29, 1.82) is 0 Å². The molecule has 0 saturated carbocycles. The molecular formula is C13H16N2S. The van der Waals surface area contributed by atoms with E-state index in [1.807, 2.05) is 19.1 Å². The molecule has 0 aliphatic carbocycles. The number of hydrogen-bond donors (Lipinski definition) is 1. The third-order valence-corrected chi connectivity index (χ3v) is 3.51. The van der Waals surface area contributed by atoms with Gasteiger partial charge < -0.3 is 5.73 Å². The Labute approximate surface area is 100 Å². The van der Waals surface area contributed by atoms with E-state index in [1.165, 1.54) is 11.1 Å². The summed E-state index contributed by atoms with van der Waals surface area (Å²) >= 11 is 1.68. The van der Waals surface area contributed by atoms with Crippen molar-refractivity contribution < 1.29 is 0 Å². The summed E-state index contributed by atoms with van der Waals surface area (Å²) in [5.74, 6) is 0. The molecule has 0 spiro atoms. The van der Waals surface area contributed by atoms with Gasteiger partial charge in [-0.1, -0.05) is 24.3 Å². The number of benzene rings is 1. The largest absolute Gasteiger partial charge is 0.324 e. The van der Waals surface area contributed by atoms with Gasteiger partial charge in [-0.05, 0) is 25.0 Å². The molecule has 1 aromatic heterocycles. The highest BCUT2D eigenvalue weighted by molar-refractivity contribution is 7.09. The fourth-order valence-electron chi connectivity index (χ4n) is 1.84. The van der Waals surface area contributed by atoms with Crippen LogP contribution in [-0.2, 0) is 6.42 Å². The smallest absolute Gasteiger partial charge is 0.0897 e. The van der Waals surface area contributed by atoms with Gasteiger partial charge in [0.25, 0.3) is 0 Å². The van der Waals surface area contributed by atoms with Crippen LogP contribution in [0.1, 0.15) is 27.9 Å². The molecule has 0 amide bonds. The van der Waals surface area contributed by atoms with Crippen molar-refractivity contribution >= 4 is 11.3 Å². The standard InChI is InChI=1S/C13H16N2S/c1-9-5-3-4-6-12(9)13(14)7-11-8-16-10(2)15-11/h3-6,8,13H,7,14H2,1-2H3. The van der Waals surface area contributed by atoms with Gasteiger partial charge in [-0.3, -0.25) is 0 Å². The number of thiazole rings is 1. The van der Waals surface area contributed by atoms with Gasteiger partial charge in [0.05, 0.1) is 10.7 Å². The minimum atomic E-state index is 0.0442. The maximum Gasteiger partial charge on any atom is 0.0897 e. The Morgan fingerprint density at radius 2 is 2.06 bits per heavy atom. The van der Waals surface area contributed by atoms with Crippen LogP contribution in [-0.4, -0.2) is 4.98 Å². The summed E-state index contributed by atoms with van der Waals surface area (Å²) in [5.41, 5.74) is 9.77. The van der Waals surface area contributed by atoms with Crippen molar-refractivity contribution in [3.8, 4) is 0 Å². The Hall–Kier alpha value is -1.19. The molecule has 1 unspecified atom stereocenters. The number of nitrogens with two attached hydrogens (primary N) is 1. The average Bonchev–Trinajstić information content (AvgIpc) is 2.64. The first-order valence-corrected chi connectivity index (χ1v) is 6.27. The molecule has 0 saturated heterocycles. The fourth-order valence-corrected chi connectivity index (χ4v) is 2.47. The maximum absolute atomic E-state index is 6.20. The predicted molar refractivity (Wildman–Crippen MR) is 68.7 cm³/mol. The summed E-state index contributed by atoms with van der Waals surface area (Å²) in [6.45, 7) is 4.12. The van der Waals surface area contributed by atoms with Gasteiger partial charge in [0.15, 0.2) is 0 Å². The van der Waals surface area contributed by atoms with E-state index in [4.69, 9.17) is 5.73 Å². The van der Waals surface area contributed by atoms with Crippen LogP contribution < -0.4 is 5.73 Å². The molecule has 0 fully saturated rings. The maximum atomic E-state index is 6.20. The quantitative estimate of drug-likeness (QED) is 0.883. The summed E-state index contributed by atoms with van der Waals surface area (Å²) in [6, 6.07) is 8.32. The fraction of sp³-hybridized carbons (Fsp3) is 0.308. The van der Waals surface area contributed by atoms with Crippen LogP contribution >= 0.6 is 11.3 Å². The molecular weight excluding hydrogens is 216 g/mol. The number of nitrogens with zero attached hydrogens (tertiary/aromatic N) is 1. The molecule has 0 bridgehead atoms. The Morgan fingerprint density at radius 3 is 2.69 bits per heavy atom. The van der Waals surface area contributed by atoms with E-state index in [0.717, 1.165) is 17.1 Å².